The topological polar surface area (TPSA) is 76.9 Å². The van der Waals surface area contributed by atoms with Crippen LogP contribution < -0.4 is 5.32 Å². The first-order valence-corrected chi connectivity index (χ1v) is 10.4. The van der Waals surface area contributed by atoms with Gasteiger partial charge in [0.2, 0.25) is 5.91 Å². The molecule has 2 aromatic carbocycles. The zero-order chi connectivity index (χ0) is 21.0. The highest BCUT2D eigenvalue weighted by molar-refractivity contribution is 8.00. The molecule has 1 atom stereocenters. The molecule has 29 heavy (non-hydrogen) atoms. The third kappa shape index (κ3) is 4.92. The SMILES string of the molecule is CCn1c(SC(C)C(=O)c2ccc(NC(C)=O)cc2)nnc1-c1cccc(C)c1. The number of nitrogens with one attached hydrogen (secondary N) is 1. The summed E-state index contributed by atoms with van der Waals surface area (Å²) in [5.41, 5.74) is 3.44. The fourth-order valence-electron chi connectivity index (χ4n) is 3.03. The van der Waals surface area contributed by atoms with E-state index >= 15 is 0 Å². The molecular formula is C22H24N4O2S. The lowest BCUT2D eigenvalue weighted by atomic mass is 10.1. The summed E-state index contributed by atoms with van der Waals surface area (Å²) in [6.45, 7) is 8.12. The van der Waals surface area contributed by atoms with E-state index in [1.165, 1.54) is 18.7 Å². The number of hydrogen-bond acceptors (Lipinski definition) is 5. The Kier molecular flexibility index (Phi) is 6.49. The minimum Gasteiger partial charge on any atom is -0.326 e. The van der Waals surface area contributed by atoms with E-state index < -0.39 is 0 Å². The summed E-state index contributed by atoms with van der Waals surface area (Å²) in [5, 5.41) is 11.8. The molecule has 0 saturated heterocycles. The lowest BCUT2D eigenvalue weighted by molar-refractivity contribution is -0.114. The number of aromatic nitrogens is 3. The molecule has 0 fully saturated rings. The van der Waals surface area contributed by atoms with Crippen molar-refractivity contribution in [1.29, 1.82) is 0 Å². The van der Waals surface area contributed by atoms with Crippen molar-refractivity contribution in [2.45, 2.75) is 44.6 Å². The van der Waals surface area contributed by atoms with Gasteiger partial charge in [0.05, 0.1) is 5.25 Å². The minimum atomic E-state index is -0.318. The summed E-state index contributed by atoms with van der Waals surface area (Å²) >= 11 is 1.40. The number of hydrogen-bond donors (Lipinski definition) is 1. The van der Waals surface area contributed by atoms with Gasteiger partial charge in [0.15, 0.2) is 16.8 Å². The second-order valence-corrected chi connectivity index (χ2v) is 8.11. The third-order valence-electron chi connectivity index (χ3n) is 4.45. The number of anilines is 1. The predicted octanol–water partition coefficient (Wildman–Crippen LogP) is 4.60. The predicted molar refractivity (Wildman–Crippen MR) is 116 cm³/mol. The standard InChI is InChI=1S/C22H24N4O2S/c1-5-26-21(18-8-6-7-14(2)13-18)24-25-22(26)29-15(3)20(28)17-9-11-19(12-10-17)23-16(4)27/h6-13,15H,5H2,1-4H3,(H,23,27). The number of carbonyl (C=O) groups is 2. The summed E-state index contributed by atoms with van der Waals surface area (Å²) in [6, 6.07) is 15.1. The number of benzene rings is 2. The molecule has 3 rings (SSSR count). The Labute approximate surface area is 174 Å². The Morgan fingerprint density at radius 2 is 1.86 bits per heavy atom. The van der Waals surface area contributed by atoms with Gasteiger partial charge in [-0.3, -0.25) is 9.59 Å². The van der Waals surface area contributed by atoms with Crippen molar-refractivity contribution in [2.75, 3.05) is 5.32 Å². The van der Waals surface area contributed by atoms with Crippen molar-refractivity contribution in [2.24, 2.45) is 0 Å². The molecule has 1 unspecified atom stereocenters. The first-order chi connectivity index (χ1) is 13.9. The normalized spacial score (nSPS) is 11.9. The van der Waals surface area contributed by atoms with Crippen molar-refractivity contribution in [3.05, 3.63) is 59.7 Å². The van der Waals surface area contributed by atoms with E-state index in [0.29, 0.717) is 17.8 Å². The second kappa shape index (κ2) is 9.05. The molecule has 0 radical (unpaired) electrons. The van der Waals surface area contributed by atoms with Crippen LogP contribution in [0.15, 0.2) is 53.7 Å². The molecule has 3 aromatic rings. The molecule has 7 heteroatoms. The Bertz CT molecular complexity index is 1030. The zero-order valence-corrected chi connectivity index (χ0v) is 17.8. The summed E-state index contributed by atoms with van der Waals surface area (Å²) in [4.78, 5) is 24.0. The highest BCUT2D eigenvalue weighted by Crippen LogP contribution is 2.28. The number of nitrogens with zero attached hydrogens (tertiary/aromatic N) is 3. The minimum absolute atomic E-state index is 0.00661. The number of ketones is 1. The van der Waals surface area contributed by atoms with E-state index in [4.69, 9.17) is 0 Å². The van der Waals surface area contributed by atoms with E-state index in [1.807, 2.05) is 43.5 Å². The van der Waals surface area contributed by atoms with Crippen LogP contribution in [0.4, 0.5) is 5.69 Å². The van der Waals surface area contributed by atoms with E-state index in [1.54, 1.807) is 24.3 Å². The molecule has 0 spiro atoms. The number of Topliss-reactive ketones (excluding diaryl/α,β-unsaturated/α-hetero) is 1. The lowest BCUT2D eigenvalue weighted by Gasteiger charge is -2.12. The van der Waals surface area contributed by atoms with Crippen LogP contribution in [-0.2, 0) is 11.3 Å². The smallest absolute Gasteiger partial charge is 0.221 e. The van der Waals surface area contributed by atoms with Gasteiger partial charge >= 0.3 is 0 Å². The van der Waals surface area contributed by atoms with Crippen LogP contribution in [0.25, 0.3) is 11.4 Å². The van der Waals surface area contributed by atoms with Crippen LogP contribution >= 0.6 is 11.8 Å². The molecule has 1 amide bonds. The van der Waals surface area contributed by atoms with Gasteiger partial charge in [0.1, 0.15) is 0 Å². The fourth-order valence-corrected chi connectivity index (χ4v) is 4.02. The highest BCUT2D eigenvalue weighted by Gasteiger charge is 2.21. The molecule has 1 heterocycles. The van der Waals surface area contributed by atoms with Crippen LogP contribution in [0.3, 0.4) is 0 Å². The molecule has 1 aromatic heterocycles. The molecule has 6 nitrogen and oxygen atoms in total. The van der Waals surface area contributed by atoms with Crippen LogP contribution in [0.2, 0.25) is 0 Å². The van der Waals surface area contributed by atoms with Crippen molar-refractivity contribution < 1.29 is 9.59 Å². The third-order valence-corrected chi connectivity index (χ3v) is 5.53. The van der Waals surface area contributed by atoms with Gasteiger partial charge < -0.3 is 9.88 Å². The number of carbonyl (C=O) groups excluding carboxylic acids is 2. The van der Waals surface area contributed by atoms with Crippen molar-refractivity contribution in [3.63, 3.8) is 0 Å². The lowest BCUT2D eigenvalue weighted by Crippen LogP contribution is -2.15. The van der Waals surface area contributed by atoms with Crippen LogP contribution in [0.5, 0.6) is 0 Å². The van der Waals surface area contributed by atoms with Crippen LogP contribution in [0.1, 0.15) is 36.7 Å². The van der Waals surface area contributed by atoms with Crippen LogP contribution in [-0.4, -0.2) is 31.7 Å². The summed E-state index contributed by atoms with van der Waals surface area (Å²) in [5.74, 6) is 0.668. The van der Waals surface area contributed by atoms with Crippen LogP contribution in [0, 0.1) is 6.92 Å². The maximum atomic E-state index is 12.8. The Morgan fingerprint density at radius 3 is 2.48 bits per heavy atom. The van der Waals surface area contributed by atoms with E-state index in [-0.39, 0.29) is 16.9 Å². The van der Waals surface area contributed by atoms with Gasteiger partial charge in [-0.25, -0.2) is 0 Å². The number of rotatable bonds is 7. The fraction of sp³-hybridized carbons (Fsp3) is 0.273. The van der Waals surface area contributed by atoms with Gasteiger partial charge in [-0.1, -0.05) is 35.5 Å². The molecule has 0 saturated carbocycles. The zero-order valence-electron chi connectivity index (χ0n) is 17.0. The molecule has 0 aliphatic rings. The first kappa shape index (κ1) is 20.8. The summed E-state index contributed by atoms with van der Waals surface area (Å²) < 4.78 is 2.03. The largest absolute Gasteiger partial charge is 0.326 e. The number of thioether (sulfide) groups is 1. The van der Waals surface area contributed by atoms with Crippen molar-refractivity contribution >= 4 is 29.1 Å². The van der Waals surface area contributed by atoms with Crippen molar-refractivity contribution in [1.82, 2.24) is 14.8 Å². The maximum absolute atomic E-state index is 12.8. The molecular weight excluding hydrogens is 384 g/mol. The van der Waals surface area contributed by atoms with Gasteiger partial charge in [-0.05, 0) is 51.1 Å². The Balaban J connectivity index is 1.77. The monoisotopic (exact) mass is 408 g/mol. The van der Waals surface area contributed by atoms with Gasteiger partial charge in [0, 0.05) is 30.3 Å². The van der Waals surface area contributed by atoms with Crippen molar-refractivity contribution in [3.8, 4) is 11.4 Å². The Morgan fingerprint density at radius 1 is 1.14 bits per heavy atom. The number of aryl methyl sites for hydroxylation is 1. The summed E-state index contributed by atoms with van der Waals surface area (Å²) in [6.07, 6.45) is 0. The molecule has 0 aliphatic heterocycles. The van der Waals surface area contributed by atoms with E-state index in [0.717, 1.165) is 22.1 Å². The summed E-state index contributed by atoms with van der Waals surface area (Å²) in [7, 11) is 0. The van der Waals surface area contributed by atoms with Gasteiger partial charge in [0.25, 0.3) is 0 Å². The molecule has 0 bridgehead atoms. The average Bonchev–Trinajstić information content (AvgIpc) is 3.10. The average molecular weight is 409 g/mol. The van der Waals surface area contributed by atoms with Gasteiger partial charge in [-0.2, -0.15) is 0 Å². The maximum Gasteiger partial charge on any atom is 0.221 e. The quantitative estimate of drug-likeness (QED) is 0.457. The first-order valence-electron chi connectivity index (χ1n) is 9.47. The molecule has 1 N–H and O–H groups in total. The molecule has 0 aliphatic carbocycles. The number of amides is 1. The van der Waals surface area contributed by atoms with E-state index in [2.05, 4.69) is 21.6 Å². The highest BCUT2D eigenvalue weighted by atomic mass is 32.2. The molecule has 150 valence electrons. The van der Waals surface area contributed by atoms with E-state index in [9.17, 15) is 9.59 Å². The Hall–Kier alpha value is -2.93. The van der Waals surface area contributed by atoms with Gasteiger partial charge in [-0.15, -0.1) is 10.2 Å². The second-order valence-electron chi connectivity index (χ2n) is 6.80.